The van der Waals surface area contributed by atoms with Crippen molar-refractivity contribution in [3.05, 3.63) is 0 Å². The quantitative estimate of drug-likeness (QED) is 0.732. The summed E-state index contributed by atoms with van der Waals surface area (Å²) in [4.78, 5) is 27.2. The van der Waals surface area contributed by atoms with Gasteiger partial charge in [0.15, 0.2) is 5.71 Å². The number of nitrogens with one attached hydrogen (secondary N) is 1. The first-order valence-electron chi connectivity index (χ1n) is 5.88. The van der Waals surface area contributed by atoms with E-state index >= 15 is 0 Å². The summed E-state index contributed by atoms with van der Waals surface area (Å²) in [5, 5.41) is 14.8. The molecule has 0 aromatic heterocycles. The highest BCUT2D eigenvalue weighted by molar-refractivity contribution is 6.36. The van der Waals surface area contributed by atoms with Crippen molar-refractivity contribution in [2.24, 2.45) is 5.16 Å². The molecular formula is C11H16N2O5. The molecule has 7 nitrogen and oxygen atoms in total. The number of hydrogen-bond donors (Lipinski definition) is 2. The second kappa shape index (κ2) is 4.93. The Labute approximate surface area is 104 Å². The number of nitrogens with zero attached hydrogens (tertiary/aromatic N) is 1. The van der Waals surface area contributed by atoms with E-state index in [0.29, 0.717) is 13.2 Å². The fourth-order valence-electron chi connectivity index (χ4n) is 2.01. The van der Waals surface area contributed by atoms with Crippen LogP contribution >= 0.6 is 0 Å². The van der Waals surface area contributed by atoms with Gasteiger partial charge in [-0.25, -0.2) is 4.79 Å². The number of carboxylic acid groups (broad SMARTS) is 1. The van der Waals surface area contributed by atoms with Crippen LogP contribution in [0.1, 0.15) is 26.2 Å². The number of ether oxygens (including phenoxy) is 1. The number of amides is 1. The summed E-state index contributed by atoms with van der Waals surface area (Å²) in [5.74, 6) is -1.51. The Morgan fingerprint density at radius 2 is 2.39 bits per heavy atom. The highest BCUT2D eigenvalue weighted by atomic mass is 16.6. The van der Waals surface area contributed by atoms with E-state index in [0.717, 1.165) is 12.8 Å². The minimum Gasteiger partial charge on any atom is -0.477 e. The van der Waals surface area contributed by atoms with E-state index < -0.39 is 12.1 Å². The van der Waals surface area contributed by atoms with Gasteiger partial charge in [0.05, 0.1) is 5.60 Å². The molecule has 2 N–H and O–H groups in total. The van der Waals surface area contributed by atoms with Gasteiger partial charge in [-0.15, -0.1) is 0 Å². The van der Waals surface area contributed by atoms with E-state index in [1.165, 1.54) is 0 Å². The Hall–Kier alpha value is -1.63. The smallest absolute Gasteiger partial charge is 0.353 e. The number of carboxylic acids is 1. The standard InChI is InChI=1S/C11H16N2O5/c1-11(3-2-4-17-11)6-12-9(14)8-5-7(10(15)16)13-18-8/h8H,2-6H2,1H3,(H,12,14)(H,15,16). The Morgan fingerprint density at radius 3 is 2.94 bits per heavy atom. The van der Waals surface area contributed by atoms with E-state index in [1.807, 2.05) is 6.92 Å². The van der Waals surface area contributed by atoms with Gasteiger partial charge in [0, 0.05) is 19.6 Å². The number of carbonyl (C=O) groups is 2. The lowest BCUT2D eigenvalue weighted by Crippen LogP contribution is -2.44. The largest absolute Gasteiger partial charge is 0.477 e. The molecular weight excluding hydrogens is 240 g/mol. The van der Waals surface area contributed by atoms with Crippen molar-refractivity contribution in [2.45, 2.75) is 37.9 Å². The second-order valence-corrected chi connectivity index (χ2v) is 4.76. The van der Waals surface area contributed by atoms with Gasteiger partial charge in [0.2, 0.25) is 6.10 Å². The summed E-state index contributed by atoms with van der Waals surface area (Å²) in [7, 11) is 0. The predicted octanol–water partition coefficient (Wildman–Crippen LogP) is -0.0988. The second-order valence-electron chi connectivity index (χ2n) is 4.76. The van der Waals surface area contributed by atoms with E-state index in [1.54, 1.807) is 0 Å². The molecule has 1 fully saturated rings. The predicted molar refractivity (Wildman–Crippen MR) is 61.2 cm³/mol. The molecule has 0 bridgehead atoms. The average Bonchev–Trinajstić information content (AvgIpc) is 2.95. The lowest BCUT2D eigenvalue weighted by molar-refractivity contribution is -0.132. The van der Waals surface area contributed by atoms with Crippen molar-refractivity contribution >= 4 is 17.6 Å². The Morgan fingerprint density at radius 1 is 1.61 bits per heavy atom. The molecule has 2 aliphatic rings. The molecule has 0 aromatic rings. The molecule has 2 atom stereocenters. The highest BCUT2D eigenvalue weighted by Crippen LogP contribution is 2.24. The summed E-state index contributed by atoms with van der Waals surface area (Å²) < 4.78 is 5.53. The van der Waals surface area contributed by atoms with Crippen LogP contribution in [0.5, 0.6) is 0 Å². The first-order chi connectivity index (χ1) is 8.50. The zero-order valence-electron chi connectivity index (χ0n) is 10.1. The molecule has 0 spiro atoms. The van der Waals surface area contributed by atoms with Crippen molar-refractivity contribution in [1.82, 2.24) is 5.32 Å². The number of aliphatic carboxylic acids is 1. The van der Waals surface area contributed by atoms with Gasteiger partial charge in [0.1, 0.15) is 0 Å². The van der Waals surface area contributed by atoms with Gasteiger partial charge in [-0.2, -0.15) is 0 Å². The first kappa shape index (κ1) is 12.8. The Balaban J connectivity index is 1.78. The van der Waals surface area contributed by atoms with E-state index in [2.05, 4.69) is 10.5 Å². The van der Waals surface area contributed by atoms with E-state index in [-0.39, 0.29) is 23.6 Å². The summed E-state index contributed by atoms with van der Waals surface area (Å²) >= 11 is 0. The molecule has 0 aromatic carbocycles. The van der Waals surface area contributed by atoms with Crippen LogP contribution in [0, 0.1) is 0 Å². The highest BCUT2D eigenvalue weighted by Gasteiger charge is 2.34. The zero-order chi connectivity index (χ0) is 13.2. The van der Waals surface area contributed by atoms with Crippen molar-refractivity contribution in [3.63, 3.8) is 0 Å². The van der Waals surface area contributed by atoms with E-state index in [4.69, 9.17) is 14.7 Å². The summed E-state index contributed by atoms with van der Waals surface area (Å²) in [6.07, 6.45) is 1.04. The van der Waals surface area contributed by atoms with Gasteiger partial charge in [-0.1, -0.05) is 5.16 Å². The van der Waals surface area contributed by atoms with Crippen molar-refractivity contribution in [3.8, 4) is 0 Å². The SMILES string of the molecule is CC1(CNC(=O)C2CC(C(=O)O)=NO2)CCCO1. The molecule has 2 heterocycles. The number of rotatable bonds is 4. The maximum Gasteiger partial charge on any atom is 0.353 e. The lowest BCUT2D eigenvalue weighted by Gasteiger charge is -2.23. The topological polar surface area (TPSA) is 97.2 Å². The molecule has 7 heteroatoms. The fourth-order valence-corrected chi connectivity index (χ4v) is 2.01. The van der Waals surface area contributed by atoms with Gasteiger partial charge >= 0.3 is 5.97 Å². The number of hydrogen-bond acceptors (Lipinski definition) is 5. The van der Waals surface area contributed by atoms with Crippen LogP contribution in [0.4, 0.5) is 0 Å². The van der Waals surface area contributed by atoms with Crippen molar-refractivity contribution in [1.29, 1.82) is 0 Å². The van der Waals surface area contributed by atoms with Gasteiger partial charge in [-0.05, 0) is 19.8 Å². The van der Waals surface area contributed by atoms with Gasteiger partial charge in [-0.3, -0.25) is 4.79 Å². The maximum atomic E-state index is 11.8. The van der Waals surface area contributed by atoms with Crippen molar-refractivity contribution < 1.29 is 24.3 Å². The Bertz CT molecular complexity index is 387. The summed E-state index contributed by atoms with van der Waals surface area (Å²) in [6, 6.07) is 0. The number of oxime groups is 1. The van der Waals surface area contributed by atoms with Crippen molar-refractivity contribution in [2.75, 3.05) is 13.2 Å². The Kier molecular flexibility index (Phi) is 3.51. The first-order valence-corrected chi connectivity index (χ1v) is 5.88. The van der Waals surface area contributed by atoms with Crippen LogP contribution in [-0.4, -0.2) is 47.6 Å². The molecule has 0 aliphatic carbocycles. The van der Waals surface area contributed by atoms with Crippen LogP contribution in [0.15, 0.2) is 5.16 Å². The molecule has 1 amide bonds. The number of carbonyl (C=O) groups excluding carboxylic acids is 1. The third-order valence-electron chi connectivity index (χ3n) is 3.15. The molecule has 2 unspecified atom stereocenters. The summed E-state index contributed by atoms with van der Waals surface area (Å²) in [5.41, 5.74) is -0.455. The molecule has 0 saturated carbocycles. The fraction of sp³-hybridized carbons (Fsp3) is 0.727. The minimum absolute atomic E-state index is 0.00125. The van der Waals surface area contributed by atoms with Crippen LogP contribution in [0.2, 0.25) is 0 Å². The average molecular weight is 256 g/mol. The normalized spacial score (nSPS) is 30.7. The molecule has 18 heavy (non-hydrogen) atoms. The van der Waals surface area contributed by atoms with Crippen LogP contribution in [0.3, 0.4) is 0 Å². The summed E-state index contributed by atoms with van der Waals surface area (Å²) in [6.45, 7) is 3.04. The van der Waals surface area contributed by atoms with Crippen LogP contribution in [0.25, 0.3) is 0 Å². The van der Waals surface area contributed by atoms with Gasteiger partial charge < -0.3 is 20.0 Å². The third-order valence-corrected chi connectivity index (χ3v) is 3.15. The maximum absolute atomic E-state index is 11.8. The third kappa shape index (κ3) is 2.79. The molecule has 100 valence electrons. The lowest BCUT2D eigenvalue weighted by atomic mass is 10.0. The minimum atomic E-state index is -1.16. The van der Waals surface area contributed by atoms with E-state index in [9.17, 15) is 9.59 Å². The van der Waals surface area contributed by atoms with Gasteiger partial charge in [0.25, 0.3) is 5.91 Å². The van der Waals surface area contributed by atoms with Crippen LogP contribution < -0.4 is 5.32 Å². The molecule has 1 saturated heterocycles. The monoisotopic (exact) mass is 256 g/mol. The molecule has 2 aliphatic heterocycles. The molecule has 2 rings (SSSR count). The van der Waals surface area contributed by atoms with Crippen LogP contribution in [-0.2, 0) is 19.2 Å². The molecule has 0 radical (unpaired) electrons. The zero-order valence-corrected chi connectivity index (χ0v) is 10.1.